The van der Waals surface area contributed by atoms with Gasteiger partial charge in [0.05, 0.1) is 12.3 Å². The molecule has 0 fully saturated rings. The maximum atomic E-state index is 11.7. The fraction of sp³-hybridized carbons (Fsp3) is 0.333. The lowest BCUT2D eigenvalue weighted by atomic mass is 10.3. The van der Waals surface area contributed by atoms with E-state index in [-0.39, 0.29) is 12.2 Å². The molecule has 0 unspecified atom stereocenters. The van der Waals surface area contributed by atoms with Crippen LogP contribution in [0.5, 0.6) is 0 Å². The van der Waals surface area contributed by atoms with Gasteiger partial charge in [-0.1, -0.05) is 6.92 Å². The molecule has 0 aliphatic heterocycles. The van der Waals surface area contributed by atoms with E-state index in [0.29, 0.717) is 21.8 Å². The minimum atomic E-state index is -0.249. The van der Waals surface area contributed by atoms with E-state index < -0.39 is 0 Å². The van der Waals surface area contributed by atoms with E-state index in [1.165, 1.54) is 0 Å². The van der Waals surface area contributed by atoms with Crippen LogP contribution < -0.4 is 5.56 Å². The molecule has 0 atom stereocenters. The average Bonchev–Trinajstić information content (AvgIpc) is 2.83. The summed E-state index contributed by atoms with van der Waals surface area (Å²) < 4.78 is 10.9. The summed E-state index contributed by atoms with van der Waals surface area (Å²) >= 11 is 3.19. The third kappa shape index (κ3) is 2.54. The highest BCUT2D eigenvalue weighted by molar-refractivity contribution is 9.10. The molecule has 6 heteroatoms. The van der Waals surface area contributed by atoms with Gasteiger partial charge < -0.3 is 14.1 Å². The zero-order valence-electron chi connectivity index (χ0n) is 10.1. The molecular formula is C12H13BrN2O3. The monoisotopic (exact) mass is 312 g/mol. The third-order valence-electron chi connectivity index (χ3n) is 2.46. The fourth-order valence-electron chi connectivity index (χ4n) is 1.55. The first kappa shape index (κ1) is 13.0. The SMILES string of the molecule is CCc1ccc(-c2nc(COC)c(Br)c(=O)[nH]2)o1. The smallest absolute Gasteiger partial charge is 0.265 e. The lowest BCUT2D eigenvalue weighted by Crippen LogP contribution is -2.13. The number of aryl methyl sites for hydroxylation is 1. The first-order chi connectivity index (χ1) is 8.65. The van der Waals surface area contributed by atoms with Crippen LogP contribution in [0.4, 0.5) is 0 Å². The molecule has 0 saturated heterocycles. The van der Waals surface area contributed by atoms with Crippen molar-refractivity contribution in [1.82, 2.24) is 9.97 Å². The zero-order chi connectivity index (χ0) is 13.1. The molecule has 0 aromatic carbocycles. The van der Waals surface area contributed by atoms with Crippen LogP contribution in [0.15, 0.2) is 25.8 Å². The Morgan fingerprint density at radius 3 is 2.89 bits per heavy atom. The van der Waals surface area contributed by atoms with E-state index >= 15 is 0 Å². The highest BCUT2D eigenvalue weighted by atomic mass is 79.9. The van der Waals surface area contributed by atoms with Gasteiger partial charge in [0.15, 0.2) is 11.6 Å². The van der Waals surface area contributed by atoms with Crippen molar-refractivity contribution in [2.75, 3.05) is 7.11 Å². The van der Waals surface area contributed by atoms with E-state index in [9.17, 15) is 4.79 Å². The number of hydrogen-bond acceptors (Lipinski definition) is 4. The number of furan rings is 1. The van der Waals surface area contributed by atoms with Crippen molar-refractivity contribution in [3.8, 4) is 11.6 Å². The first-order valence-corrected chi connectivity index (χ1v) is 6.31. The summed E-state index contributed by atoms with van der Waals surface area (Å²) in [5.41, 5.74) is 0.298. The molecular weight excluding hydrogens is 300 g/mol. The van der Waals surface area contributed by atoms with Crippen molar-refractivity contribution in [3.63, 3.8) is 0 Å². The average molecular weight is 313 g/mol. The van der Waals surface area contributed by atoms with E-state index in [1.54, 1.807) is 13.2 Å². The third-order valence-corrected chi connectivity index (χ3v) is 3.27. The van der Waals surface area contributed by atoms with Crippen LogP contribution in [0.1, 0.15) is 18.4 Å². The Balaban J connectivity index is 2.48. The Labute approximate surface area is 112 Å². The van der Waals surface area contributed by atoms with E-state index in [1.807, 2.05) is 13.0 Å². The molecule has 0 amide bonds. The number of nitrogens with zero attached hydrogens (tertiary/aromatic N) is 1. The highest BCUT2D eigenvalue weighted by Gasteiger charge is 2.12. The first-order valence-electron chi connectivity index (χ1n) is 5.52. The topological polar surface area (TPSA) is 68.1 Å². The number of nitrogens with one attached hydrogen (secondary N) is 1. The lowest BCUT2D eigenvalue weighted by molar-refractivity contribution is 0.180. The van der Waals surface area contributed by atoms with Crippen LogP contribution >= 0.6 is 15.9 Å². The Morgan fingerprint density at radius 2 is 2.28 bits per heavy atom. The summed E-state index contributed by atoms with van der Waals surface area (Å²) in [6.45, 7) is 2.26. The normalized spacial score (nSPS) is 10.8. The minimum absolute atomic E-state index is 0.249. The number of halogens is 1. The Morgan fingerprint density at radius 1 is 1.50 bits per heavy atom. The summed E-state index contributed by atoms with van der Waals surface area (Å²) in [6.07, 6.45) is 0.797. The van der Waals surface area contributed by atoms with Gasteiger partial charge >= 0.3 is 0 Å². The van der Waals surface area contributed by atoms with Crippen molar-refractivity contribution in [2.24, 2.45) is 0 Å². The molecule has 2 aromatic heterocycles. The van der Waals surface area contributed by atoms with Crippen LogP contribution in [0.25, 0.3) is 11.6 Å². The van der Waals surface area contributed by atoms with Crippen LogP contribution in [0, 0.1) is 0 Å². The van der Waals surface area contributed by atoms with Gasteiger partial charge in [0.1, 0.15) is 10.2 Å². The number of aromatic amines is 1. The van der Waals surface area contributed by atoms with Gasteiger partial charge in [-0.05, 0) is 28.1 Å². The molecule has 2 rings (SSSR count). The molecule has 96 valence electrons. The van der Waals surface area contributed by atoms with Crippen molar-refractivity contribution in [1.29, 1.82) is 0 Å². The Hall–Kier alpha value is -1.40. The standard InChI is InChI=1S/C12H13BrN2O3/c1-3-7-4-5-9(18-7)11-14-8(6-17-2)10(13)12(16)15-11/h4-5H,3,6H2,1-2H3,(H,14,15,16). The summed E-state index contributed by atoms with van der Waals surface area (Å²) in [5.74, 6) is 1.81. The van der Waals surface area contributed by atoms with Gasteiger partial charge in [-0.15, -0.1) is 0 Å². The van der Waals surface area contributed by atoms with Gasteiger partial charge in [0, 0.05) is 13.5 Å². The second-order valence-electron chi connectivity index (χ2n) is 3.73. The molecule has 0 radical (unpaired) electrons. The van der Waals surface area contributed by atoms with Crippen LogP contribution in [-0.2, 0) is 17.8 Å². The maximum absolute atomic E-state index is 11.7. The van der Waals surface area contributed by atoms with Crippen LogP contribution in [-0.4, -0.2) is 17.1 Å². The maximum Gasteiger partial charge on any atom is 0.265 e. The van der Waals surface area contributed by atoms with E-state index in [2.05, 4.69) is 25.9 Å². The summed E-state index contributed by atoms with van der Waals surface area (Å²) in [4.78, 5) is 18.7. The number of rotatable bonds is 4. The minimum Gasteiger partial charge on any atom is -0.458 e. The van der Waals surface area contributed by atoms with Crippen molar-refractivity contribution in [3.05, 3.63) is 38.4 Å². The zero-order valence-corrected chi connectivity index (χ0v) is 11.7. The lowest BCUT2D eigenvalue weighted by Gasteiger charge is -2.04. The number of ether oxygens (including phenoxy) is 1. The van der Waals surface area contributed by atoms with Crippen molar-refractivity contribution >= 4 is 15.9 Å². The van der Waals surface area contributed by atoms with Crippen molar-refractivity contribution in [2.45, 2.75) is 20.0 Å². The Kier molecular flexibility index (Phi) is 3.98. The number of methoxy groups -OCH3 is 1. The number of hydrogen-bond donors (Lipinski definition) is 1. The molecule has 5 nitrogen and oxygen atoms in total. The predicted octanol–water partition coefficient (Wildman–Crippen LogP) is 2.50. The molecule has 0 saturated carbocycles. The van der Waals surface area contributed by atoms with Gasteiger partial charge in [-0.2, -0.15) is 0 Å². The van der Waals surface area contributed by atoms with Crippen LogP contribution in [0.2, 0.25) is 0 Å². The molecule has 0 aliphatic carbocycles. The summed E-state index contributed by atoms with van der Waals surface area (Å²) in [5, 5.41) is 0. The molecule has 1 N–H and O–H groups in total. The predicted molar refractivity (Wildman–Crippen MR) is 70.4 cm³/mol. The molecule has 0 bridgehead atoms. The van der Waals surface area contributed by atoms with Crippen molar-refractivity contribution < 1.29 is 9.15 Å². The van der Waals surface area contributed by atoms with Gasteiger partial charge in [-0.3, -0.25) is 4.79 Å². The quantitative estimate of drug-likeness (QED) is 0.941. The number of aromatic nitrogens is 2. The molecule has 2 heterocycles. The highest BCUT2D eigenvalue weighted by Crippen LogP contribution is 2.20. The fourth-order valence-corrected chi connectivity index (χ4v) is 1.85. The van der Waals surface area contributed by atoms with Gasteiger partial charge in [-0.25, -0.2) is 4.98 Å². The number of H-pyrrole nitrogens is 1. The summed E-state index contributed by atoms with van der Waals surface area (Å²) in [6, 6.07) is 3.66. The second-order valence-corrected chi connectivity index (χ2v) is 4.52. The molecule has 18 heavy (non-hydrogen) atoms. The van der Waals surface area contributed by atoms with Gasteiger partial charge in [0.25, 0.3) is 5.56 Å². The van der Waals surface area contributed by atoms with E-state index in [0.717, 1.165) is 12.2 Å². The summed E-state index contributed by atoms with van der Waals surface area (Å²) in [7, 11) is 1.55. The molecule has 0 aliphatic rings. The van der Waals surface area contributed by atoms with E-state index in [4.69, 9.17) is 9.15 Å². The molecule has 0 spiro atoms. The Bertz CT molecular complexity index is 604. The van der Waals surface area contributed by atoms with Crippen LogP contribution in [0.3, 0.4) is 0 Å². The molecule has 2 aromatic rings. The second kappa shape index (κ2) is 5.49. The van der Waals surface area contributed by atoms with Gasteiger partial charge in [0.2, 0.25) is 0 Å². The largest absolute Gasteiger partial charge is 0.458 e.